The van der Waals surface area contributed by atoms with Gasteiger partial charge in [-0.3, -0.25) is 4.79 Å². The minimum absolute atomic E-state index is 0.0765. The number of sulfone groups is 1. The first-order valence-electron chi connectivity index (χ1n) is 8.12. The van der Waals surface area contributed by atoms with Crippen molar-refractivity contribution in [1.82, 2.24) is 5.43 Å². The maximum atomic E-state index is 11.8. The summed E-state index contributed by atoms with van der Waals surface area (Å²) in [4.78, 5) is 11.8. The number of nitrogens with one attached hydrogen (secondary N) is 1. The molecule has 1 saturated heterocycles. The van der Waals surface area contributed by atoms with E-state index in [1.165, 1.54) is 6.21 Å². The number of nitrogens with zero attached hydrogens (tertiary/aromatic N) is 1. The lowest BCUT2D eigenvalue weighted by Gasteiger charge is -2.08. The lowest BCUT2D eigenvalue weighted by atomic mass is 10.1. The summed E-state index contributed by atoms with van der Waals surface area (Å²) >= 11 is 0. The van der Waals surface area contributed by atoms with E-state index in [2.05, 4.69) is 24.4 Å². The molecule has 0 spiro atoms. The van der Waals surface area contributed by atoms with Gasteiger partial charge in [-0.15, -0.1) is 0 Å². The number of carbonyl (C=O) groups excluding carboxylic acids is 1. The molecule has 1 atom stereocenters. The van der Waals surface area contributed by atoms with E-state index in [0.717, 1.165) is 17.7 Å². The van der Waals surface area contributed by atoms with E-state index in [1.807, 2.05) is 24.3 Å². The van der Waals surface area contributed by atoms with Gasteiger partial charge in [-0.2, -0.15) is 5.10 Å². The van der Waals surface area contributed by atoms with Gasteiger partial charge in [-0.25, -0.2) is 13.8 Å². The number of amides is 1. The lowest BCUT2D eigenvalue weighted by molar-refractivity contribution is -0.124. The predicted molar refractivity (Wildman–Crippen MR) is 93.9 cm³/mol. The molecule has 2 rings (SSSR count). The van der Waals surface area contributed by atoms with Crippen LogP contribution in [0.2, 0.25) is 0 Å². The topological polar surface area (TPSA) is 84.8 Å². The molecule has 0 bridgehead atoms. The fraction of sp³-hybridized carbons (Fsp3) is 0.529. The summed E-state index contributed by atoms with van der Waals surface area (Å²) in [6, 6.07) is 7.40. The van der Waals surface area contributed by atoms with E-state index < -0.39 is 15.8 Å². The lowest BCUT2D eigenvalue weighted by Crippen LogP contribution is -2.27. The van der Waals surface area contributed by atoms with Crippen molar-refractivity contribution >= 4 is 22.0 Å². The van der Waals surface area contributed by atoms with Crippen LogP contribution in [0.25, 0.3) is 0 Å². The Bertz CT molecular complexity index is 681. The molecule has 1 aromatic carbocycles. The molecule has 1 N–H and O–H groups in total. The third-order valence-electron chi connectivity index (χ3n) is 3.84. The van der Waals surface area contributed by atoms with Crippen LogP contribution in [0.1, 0.15) is 32.3 Å². The van der Waals surface area contributed by atoms with E-state index in [-0.39, 0.29) is 17.4 Å². The average molecular weight is 352 g/mol. The summed E-state index contributed by atoms with van der Waals surface area (Å²) in [5.74, 6) is 0.553. The minimum Gasteiger partial charge on any atom is -0.494 e. The van der Waals surface area contributed by atoms with Crippen molar-refractivity contribution in [2.45, 2.75) is 26.7 Å². The highest BCUT2D eigenvalue weighted by Crippen LogP contribution is 2.18. The van der Waals surface area contributed by atoms with Crippen molar-refractivity contribution in [2.75, 3.05) is 18.1 Å². The zero-order chi connectivity index (χ0) is 17.6. The zero-order valence-corrected chi connectivity index (χ0v) is 14.9. The van der Waals surface area contributed by atoms with Gasteiger partial charge in [0.25, 0.3) is 0 Å². The highest BCUT2D eigenvalue weighted by atomic mass is 32.2. The molecule has 1 aromatic rings. The second kappa shape index (κ2) is 8.28. The molecule has 0 aromatic heterocycles. The first-order valence-corrected chi connectivity index (χ1v) is 9.94. The number of hydrogen-bond acceptors (Lipinski definition) is 5. The van der Waals surface area contributed by atoms with Crippen LogP contribution in [0.4, 0.5) is 0 Å². The third-order valence-corrected chi connectivity index (χ3v) is 5.60. The van der Waals surface area contributed by atoms with Crippen molar-refractivity contribution in [2.24, 2.45) is 16.9 Å². The van der Waals surface area contributed by atoms with E-state index in [4.69, 9.17) is 4.74 Å². The van der Waals surface area contributed by atoms with Crippen molar-refractivity contribution in [3.05, 3.63) is 29.8 Å². The molecule has 1 aliphatic heterocycles. The maximum absolute atomic E-state index is 11.8. The average Bonchev–Trinajstić information content (AvgIpc) is 2.89. The molecule has 0 unspecified atom stereocenters. The second-order valence-corrected chi connectivity index (χ2v) is 8.66. The molecule has 6 nitrogen and oxygen atoms in total. The van der Waals surface area contributed by atoms with Crippen LogP contribution in [0, 0.1) is 11.8 Å². The summed E-state index contributed by atoms with van der Waals surface area (Å²) in [7, 11) is -3.06. The summed E-state index contributed by atoms with van der Waals surface area (Å²) in [5, 5.41) is 3.89. The standard InChI is InChI=1S/C17H24N2O4S/c1-13(2)7-9-23-16-5-3-14(4-6-16)11-18-19-17(20)15-8-10-24(21,22)12-15/h3-6,11,13,15H,7-10,12H2,1-2H3,(H,19,20)/b18-11-/t15-/m1/s1. The van der Waals surface area contributed by atoms with Crippen molar-refractivity contribution < 1.29 is 17.9 Å². The Morgan fingerprint density at radius 3 is 2.67 bits per heavy atom. The van der Waals surface area contributed by atoms with Crippen LogP contribution in [-0.4, -0.2) is 38.7 Å². The van der Waals surface area contributed by atoms with Gasteiger partial charge in [0.05, 0.1) is 30.2 Å². The highest BCUT2D eigenvalue weighted by molar-refractivity contribution is 7.91. The minimum atomic E-state index is -3.06. The fourth-order valence-electron chi connectivity index (χ4n) is 2.33. The number of hydrazone groups is 1. The van der Waals surface area contributed by atoms with Crippen molar-refractivity contribution in [3.63, 3.8) is 0 Å². The molecule has 1 aliphatic rings. The quantitative estimate of drug-likeness (QED) is 0.601. The first kappa shape index (κ1) is 18.4. The van der Waals surface area contributed by atoms with Crippen LogP contribution in [0.3, 0.4) is 0 Å². The number of ether oxygens (including phenoxy) is 1. The fourth-order valence-corrected chi connectivity index (χ4v) is 4.07. The van der Waals surface area contributed by atoms with Gasteiger partial charge in [0.15, 0.2) is 9.84 Å². The smallest absolute Gasteiger partial charge is 0.244 e. The molecule has 1 fully saturated rings. The van der Waals surface area contributed by atoms with Gasteiger partial charge in [0.2, 0.25) is 5.91 Å². The van der Waals surface area contributed by atoms with E-state index >= 15 is 0 Å². The van der Waals surface area contributed by atoms with E-state index in [0.29, 0.717) is 18.9 Å². The van der Waals surface area contributed by atoms with Gasteiger partial charge in [-0.1, -0.05) is 13.8 Å². The molecule has 0 radical (unpaired) electrons. The Hall–Kier alpha value is -1.89. The number of hydrogen-bond donors (Lipinski definition) is 1. The van der Waals surface area contributed by atoms with Crippen LogP contribution in [0.15, 0.2) is 29.4 Å². The van der Waals surface area contributed by atoms with Crippen LogP contribution < -0.4 is 10.2 Å². The molecule has 7 heteroatoms. The monoisotopic (exact) mass is 352 g/mol. The SMILES string of the molecule is CC(C)CCOc1ccc(/C=N\NC(=O)[C@@H]2CCS(=O)(=O)C2)cc1. The number of benzene rings is 1. The highest BCUT2D eigenvalue weighted by Gasteiger charge is 2.32. The summed E-state index contributed by atoms with van der Waals surface area (Å²) in [6.45, 7) is 4.99. The van der Waals surface area contributed by atoms with Crippen LogP contribution >= 0.6 is 0 Å². The van der Waals surface area contributed by atoms with Gasteiger partial charge in [-0.05, 0) is 48.6 Å². The molecule has 1 amide bonds. The van der Waals surface area contributed by atoms with Gasteiger partial charge in [0.1, 0.15) is 5.75 Å². The van der Waals surface area contributed by atoms with E-state index in [9.17, 15) is 13.2 Å². The van der Waals surface area contributed by atoms with Crippen LogP contribution in [-0.2, 0) is 14.6 Å². The van der Waals surface area contributed by atoms with Crippen LogP contribution in [0.5, 0.6) is 5.75 Å². The number of carbonyl (C=O) groups is 1. The number of rotatable bonds is 7. The first-order chi connectivity index (χ1) is 11.4. The molecule has 1 heterocycles. The molecular formula is C17H24N2O4S. The van der Waals surface area contributed by atoms with Gasteiger partial charge >= 0.3 is 0 Å². The Morgan fingerprint density at radius 2 is 2.08 bits per heavy atom. The van der Waals surface area contributed by atoms with Crippen molar-refractivity contribution in [3.8, 4) is 5.75 Å². The Labute approximate surface area is 143 Å². The second-order valence-electron chi connectivity index (χ2n) is 6.43. The van der Waals surface area contributed by atoms with Gasteiger partial charge in [0, 0.05) is 0 Å². The maximum Gasteiger partial charge on any atom is 0.244 e. The Balaban J connectivity index is 1.78. The van der Waals surface area contributed by atoms with E-state index in [1.54, 1.807) is 0 Å². The normalized spacial score (nSPS) is 19.7. The summed E-state index contributed by atoms with van der Waals surface area (Å²) < 4.78 is 28.3. The largest absolute Gasteiger partial charge is 0.494 e. The summed E-state index contributed by atoms with van der Waals surface area (Å²) in [5.41, 5.74) is 3.23. The predicted octanol–water partition coefficient (Wildman–Crippen LogP) is 2.00. The molecular weight excluding hydrogens is 328 g/mol. The Morgan fingerprint density at radius 1 is 1.38 bits per heavy atom. The zero-order valence-electron chi connectivity index (χ0n) is 14.1. The van der Waals surface area contributed by atoms with Gasteiger partial charge < -0.3 is 4.74 Å². The van der Waals surface area contributed by atoms with Crippen molar-refractivity contribution in [1.29, 1.82) is 0 Å². The summed E-state index contributed by atoms with van der Waals surface area (Å²) in [6.07, 6.45) is 2.90. The third kappa shape index (κ3) is 5.96. The molecule has 24 heavy (non-hydrogen) atoms. The Kier molecular flexibility index (Phi) is 6.36. The molecule has 0 aliphatic carbocycles. The molecule has 0 saturated carbocycles. The molecule has 132 valence electrons.